The van der Waals surface area contributed by atoms with Crippen molar-refractivity contribution in [2.24, 2.45) is 11.8 Å². The lowest BCUT2D eigenvalue weighted by Crippen LogP contribution is -2.19. The first-order valence-corrected chi connectivity index (χ1v) is 12.2. The molecule has 9 nitrogen and oxygen atoms in total. The summed E-state index contributed by atoms with van der Waals surface area (Å²) in [5.74, 6) is 2.48. The number of hydrogen-bond acceptors (Lipinski definition) is 7. The third kappa shape index (κ3) is 4.90. The van der Waals surface area contributed by atoms with E-state index in [0.717, 1.165) is 36.1 Å². The van der Waals surface area contributed by atoms with Crippen molar-refractivity contribution in [3.05, 3.63) is 30.6 Å². The Balaban J connectivity index is 1.74. The second-order valence-electron chi connectivity index (χ2n) is 8.17. The Kier molecular flexibility index (Phi) is 5.99. The van der Waals surface area contributed by atoms with Crippen molar-refractivity contribution >= 4 is 21.6 Å². The van der Waals surface area contributed by atoms with Crippen LogP contribution in [0.15, 0.2) is 30.6 Å². The molecule has 1 aliphatic rings. The first-order chi connectivity index (χ1) is 14.8. The van der Waals surface area contributed by atoms with Gasteiger partial charge in [0.15, 0.2) is 5.65 Å². The SMILES string of the molecule is COc1ncccc1-c1cn2c(NS(C)(=O)=O)nnc2cc1OCC1CCC(C)CC1. The smallest absolute Gasteiger partial charge is 0.242 e. The van der Waals surface area contributed by atoms with Gasteiger partial charge in [-0.3, -0.25) is 9.12 Å². The Morgan fingerprint density at radius 1 is 1.19 bits per heavy atom. The van der Waals surface area contributed by atoms with Crippen LogP contribution in [0.4, 0.5) is 5.95 Å². The zero-order valence-electron chi connectivity index (χ0n) is 17.9. The fourth-order valence-electron chi connectivity index (χ4n) is 3.94. The van der Waals surface area contributed by atoms with Crippen molar-refractivity contribution < 1.29 is 17.9 Å². The monoisotopic (exact) mass is 445 g/mol. The van der Waals surface area contributed by atoms with Gasteiger partial charge in [-0.2, -0.15) is 0 Å². The van der Waals surface area contributed by atoms with Gasteiger partial charge in [-0.05, 0) is 36.8 Å². The van der Waals surface area contributed by atoms with Gasteiger partial charge in [0.05, 0.1) is 20.0 Å². The molecule has 0 aromatic carbocycles. The predicted octanol–water partition coefficient (Wildman–Crippen LogP) is 3.38. The highest BCUT2D eigenvalue weighted by Gasteiger charge is 2.21. The highest BCUT2D eigenvalue weighted by Crippen LogP contribution is 2.37. The second kappa shape index (κ2) is 8.70. The molecule has 0 unspecified atom stereocenters. The Morgan fingerprint density at radius 3 is 2.68 bits per heavy atom. The van der Waals surface area contributed by atoms with Crippen molar-refractivity contribution in [2.45, 2.75) is 32.6 Å². The third-order valence-corrected chi connectivity index (χ3v) is 6.20. The molecule has 0 saturated heterocycles. The first kappa shape index (κ1) is 21.4. The van der Waals surface area contributed by atoms with Crippen LogP contribution in [-0.4, -0.2) is 48.0 Å². The molecule has 3 aromatic heterocycles. The molecule has 3 heterocycles. The number of ether oxygens (including phenoxy) is 2. The first-order valence-electron chi connectivity index (χ1n) is 10.3. The van der Waals surface area contributed by atoms with Gasteiger partial charge in [0.2, 0.25) is 21.9 Å². The van der Waals surface area contributed by atoms with Crippen LogP contribution in [0.2, 0.25) is 0 Å². The van der Waals surface area contributed by atoms with Gasteiger partial charge < -0.3 is 9.47 Å². The molecule has 1 aliphatic carbocycles. The molecule has 1 fully saturated rings. The second-order valence-corrected chi connectivity index (χ2v) is 9.92. The molecule has 0 atom stereocenters. The average Bonchev–Trinajstić information content (AvgIpc) is 3.12. The highest BCUT2D eigenvalue weighted by atomic mass is 32.2. The summed E-state index contributed by atoms with van der Waals surface area (Å²) in [7, 11) is -1.95. The van der Waals surface area contributed by atoms with Crippen LogP contribution in [0.3, 0.4) is 0 Å². The van der Waals surface area contributed by atoms with E-state index >= 15 is 0 Å². The van der Waals surface area contributed by atoms with Gasteiger partial charge in [-0.1, -0.05) is 19.8 Å². The normalized spacial score (nSPS) is 19.3. The molecular weight excluding hydrogens is 418 g/mol. The van der Waals surface area contributed by atoms with E-state index in [1.165, 1.54) is 12.8 Å². The van der Waals surface area contributed by atoms with E-state index in [9.17, 15) is 8.42 Å². The predicted molar refractivity (Wildman–Crippen MR) is 118 cm³/mol. The van der Waals surface area contributed by atoms with Crippen molar-refractivity contribution in [2.75, 3.05) is 24.7 Å². The molecular formula is C21H27N5O4S. The molecule has 0 aliphatic heterocycles. The number of nitrogens with zero attached hydrogens (tertiary/aromatic N) is 4. The van der Waals surface area contributed by atoms with Gasteiger partial charge in [0.1, 0.15) is 5.75 Å². The molecule has 3 aromatic rings. The number of rotatable bonds is 7. The van der Waals surface area contributed by atoms with Crippen LogP contribution in [0.25, 0.3) is 16.8 Å². The molecule has 0 radical (unpaired) electrons. The summed E-state index contributed by atoms with van der Waals surface area (Å²) in [5, 5.41) is 8.08. The molecule has 1 N–H and O–H groups in total. The van der Waals surface area contributed by atoms with Gasteiger partial charge in [-0.15, -0.1) is 10.2 Å². The Labute approximate surface area is 181 Å². The summed E-state index contributed by atoms with van der Waals surface area (Å²) in [6.45, 7) is 2.91. The Bertz CT molecular complexity index is 1170. The van der Waals surface area contributed by atoms with Crippen molar-refractivity contribution in [3.63, 3.8) is 0 Å². The summed E-state index contributed by atoms with van der Waals surface area (Å²) in [6.07, 6.45) is 9.23. The lowest BCUT2D eigenvalue weighted by atomic mass is 9.83. The number of hydrogen-bond donors (Lipinski definition) is 1. The fourth-order valence-corrected chi connectivity index (χ4v) is 4.41. The van der Waals surface area contributed by atoms with Crippen LogP contribution in [0.1, 0.15) is 32.6 Å². The summed E-state index contributed by atoms with van der Waals surface area (Å²) < 4.78 is 39.1. The van der Waals surface area contributed by atoms with E-state index in [4.69, 9.17) is 9.47 Å². The molecule has 0 bridgehead atoms. The number of pyridine rings is 2. The quantitative estimate of drug-likeness (QED) is 0.594. The van der Waals surface area contributed by atoms with Gasteiger partial charge >= 0.3 is 0 Å². The highest BCUT2D eigenvalue weighted by molar-refractivity contribution is 7.92. The minimum Gasteiger partial charge on any atom is -0.492 e. The largest absolute Gasteiger partial charge is 0.492 e. The maximum Gasteiger partial charge on any atom is 0.242 e. The fraction of sp³-hybridized carbons (Fsp3) is 0.476. The standard InChI is InChI=1S/C21H27N5O4S/c1-14-6-8-15(9-7-14)13-30-18-11-19-23-24-21(25-31(3,27)28)26(19)12-17(18)16-5-4-10-22-20(16)29-2/h4-5,10-12,14-15H,6-9,13H2,1-3H3,(H,24,25). The number of anilines is 1. The van der Waals surface area contributed by atoms with Crippen LogP contribution in [0, 0.1) is 11.8 Å². The average molecular weight is 446 g/mol. The number of sulfonamides is 1. The van der Waals surface area contributed by atoms with E-state index in [1.807, 2.05) is 12.1 Å². The lowest BCUT2D eigenvalue weighted by Gasteiger charge is -2.26. The molecule has 10 heteroatoms. The topological polar surface area (TPSA) is 108 Å². The molecule has 31 heavy (non-hydrogen) atoms. The lowest BCUT2D eigenvalue weighted by molar-refractivity contribution is 0.188. The summed E-state index contributed by atoms with van der Waals surface area (Å²) in [4.78, 5) is 4.29. The van der Waals surface area contributed by atoms with Crippen LogP contribution in [0.5, 0.6) is 11.6 Å². The van der Waals surface area contributed by atoms with E-state index < -0.39 is 10.0 Å². The summed E-state index contributed by atoms with van der Waals surface area (Å²) in [5.41, 5.74) is 1.93. The zero-order valence-corrected chi connectivity index (χ0v) is 18.7. The van der Waals surface area contributed by atoms with Crippen molar-refractivity contribution in [3.8, 4) is 22.8 Å². The van der Waals surface area contributed by atoms with E-state index in [2.05, 4.69) is 26.8 Å². The number of fused-ring (bicyclic) bond motifs is 1. The summed E-state index contributed by atoms with van der Waals surface area (Å²) >= 11 is 0. The summed E-state index contributed by atoms with van der Waals surface area (Å²) in [6, 6.07) is 5.47. The van der Waals surface area contributed by atoms with Gasteiger partial charge in [0.25, 0.3) is 0 Å². The molecule has 4 rings (SSSR count). The van der Waals surface area contributed by atoms with E-state index in [-0.39, 0.29) is 5.95 Å². The number of methoxy groups -OCH3 is 1. The molecule has 0 spiro atoms. The van der Waals surface area contributed by atoms with E-state index in [1.54, 1.807) is 30.0 Å². The molecule has 166 valence electrons. The number of aromatic nitrogens is 4. The molecule has 1 saturated carbocycles. The Morgan fingerprint density at radius 2 is 1.97 bits per heavy atom. The Hall–Kier alpha value is -2.88. The number of nitrogens with one attached hydrogen (secondary N) is 1. The van der Waals surface area contributed by atoms with Crippen LogP contribution >= 0.6 is 0 Å². The minimum absolute atomic E-state index is 0.106. The van der Waals surface area contributed by atoms with Gasteiger partial charge in [0, 0.05) is 29.6 Å². The van der Waals surface area contributed by atoms with E-state index in [0.29, 0.717) is 29.8 Å². The third-order valence-electron chi connectivity index (χ3n) is 5.65. The minimum atomic E-state index is -3.51. The maximum atomic E-state index is 11.7. The van der Waals surface area contributed by atoms with Crippen LogP contribution < -0.4 is 14.2 Å². The van der Waals surface area contributed by atoms with Gasteiger partial charge in [-0.25, -0.2) is 13.4 Å². The van der Waals surface area contributed by atoms with Crippen molar-refractivity contribution in [1.82, 2.24) is 19.6 Å². The van der Waals surface area contributed by atoms with Crippen LogP contribution in [-0.2, 0) is 10.0 Å². The van der Waals surface area contributed by atoms with Crippen molar-refractivity contribution in [1.29, 1.82) is 0 Å². The molecule has 0 amide bonds. The maximum absolute atomic E-state index is 11.7. The zero-order chi connectivity index (χ0) is 22.0.